The van der Waals surface area contributed by atoms with Crippen molar-refractivity contribution in [1.82, 2.24) is 20.1 Å². The molecular weight excluding hydrogens is 340 g/mol. The Balaban J connectivity index is 1.91. The number of nitrogens with zero attached hydrogens (tertiary/aromatic N) is 3. The van der Waals surface area contributed by atoms with Crippen LogP contribution in [-0.2, 0) is 4.79 Å². The Morgan fingerprint density at radius 2 is 2.00 bits per heavy atom. The minimum atomic E-state index is -0.00437. The number of aromatic nitrogens is 3. The van der Waals surface area contributed by atoms with Crippen molar-refractivity contribution >= 4 is 29.0 Å². The molecule has 0 saturated carbocycles. The molecule has 24 heavy (non-hydrogen) atoms. The average molecular weight is 358 g/mol. The van der Waals surface area contributed by atoms with Gasteiger partial charge in [-0.15, -0.1) is 21.5 Å². The normalized spacial score (nSPS) is 11.0. The molecule has 0 bridgehead atoms. The van der Waals surface area contributed by atoms with E-state index in [0.717, 1.165) is 16.4 Å². The Bertz CT molecular complexity index is 797. The molecule has 0 saturated heterocycles. The Kier molecular flexibility index (Phi) is 5.32. The average Bonchev–Trinajstić information content (AvgIpc) is 3.22. The lowest BCUT2D eigenvalue weighted by atomic mass is 10.3. The van der Waals surface area contributed by atoms with E-state index >= 15 is 0 Å². The lowest BCUT2D eigenvalue weighted by Crippen LogP contribution is -2.31. The molecule has 1 amide bonds. The van der Waals surface area contributed by atoms with Crippen LogP contribution in [0.4, 0.5) is 0 Å². The topological polar surface area (TPSA) is 59.8 Å². The summed E-state index contributed by atoms with van der Waals surface area (Å²) in [6.07, 6.45) is 0. The fourth-order valence-electron chi connectivity index (χ4n) is 2.23. The summed E-state index contributed by atoms with van der Waals surface area (Å²) >= 11 is 3.01. The van der Waals surface area contributed by atoms with E-state index in [1.807, 2.05) is 66.3 Å². The molecular formula is C17H18N4OS2. The summed E-state index contributed by atoms with van der Waals surface area (Å²) in [7, 11) is 0. The van der Waals surface area contributed by atoms with E-state index in [2.05, 4.69) is 15.5 Å². The van der Waals surface area contributed by atoms with Crippen molar-refractivity contribution in [1.29, 1.82) is 0 Å². The van der Waals surface area contributed by atoms with Gasteiger partial charge in [0.1, 0.15) is 0 Å². The van der Waals surface area contributed by atoms with Crippen LogP contribution in [0.2, 0.25) is 0 Å². The third-order valence-corrected chi connectivity index (χ3v) is 4.97. The summed E-state index contributed by atoms with van der Waals surface area (Å²) in [5, 5.41) is 14.3. The largest absolute Gasteiger partial charge is 0.353 e. The first-order chi connectivity index (χ1) is 11.6. The fraction of sp³-hybridized carbons (Fsp3) is 0.235. The summed E-state index contributed by atoms with van der Waals surface area (Å²) in [6, 6.07) is 14.1. The highest BCUT2D eigenvalue weighted by molar-refractivity contribution is 7.99. The lowest BCUT2D eigenvalue weighted by Gasteiger charge is -2.10. The number of rotatable bonds is 6. The Labute approximate surface area is 149 Å². The number of thioether (sulfide) groups is 1. The third-order valence-electron chi connectivity index (χ3n) is 3.17. The van der Waals surface area contributed by atoms with E-state index in [0.29, 0.717) is 10.9 Å². The van der Waals surface area contributed by atoms with Crippen LogP contribution >= 0.6 is 23.1 Å². The summed E-state index contributed by atoms with van der Waals surface area (Å²) in [6.45, 7) is 3.90. The first kappa shape index (κ1) is 16.7. The Hall–Kier alpha value is -2.12. The lowest BCUT2D eigenvalue weighted by molar-refractivity contribution is -0.119. The van der Waals surface area contributed by atoms with Crippen LogP contribution in [0.25, 0.3) is 16.4 Å². The quantitative estimate of drug-likeness (QED) is 0.684. The van der Waals surface area contributed by atoms with Crippen molar-refractivity contribution < 1.29 is 4.79 Å². The van der Waals surface area contributed by atoms with Crippen LogP contribution in [0.3, 0.4) is 0 Å². The fourth-order valence-corrected chi connectivity index (χ4v) is 3.69. The molecule has 0 aliphatic rings. The number of carbonyl (C=O) groups excluding carboxylic acids is 1. The second-order valence-electron chi connectivity index (χ2n) is 5.47. The van der Waals surface area contributed by atoms with Gasteiger partial charge < -0.3 is 5.32 Å². The molecule has 0 aliphatic carbocycles. The molecule has 0 radical (unpaired) electrons. The Morgan fingerprint density at radius 3 is 2.67 bits per heavy atom. The number of benzene rings is 1. The number of thiophene rings is 1. The van der Waals surface area contributed by atoms with E-state index in [4.69, 9.17) is 0 Å². The zero-order valence-electron chi connectivity index (χ0n) is 13.5. The van der Waals surface area contributed by atoms with Gasteiger partial charge >= 0.3 is 0 Å². The molecule has 2 aromatic heterocycles. The number of hydrogen-bond acceptors (Lipinski definition) is 5. The highest BCUT2D eigenvalue weighted by Gasteiger charge is 2.17. The van der Waals surface area contributed by atoms with Gasteiger partial charge in [0.25, 0.3) is 0 Å². The number of nitrogens with one attached hydrogen (secondary N) is 1. The molecule has 3 rings (SSSR count). The van der Waals surface area contributed by atoms with E-state index in [1.54, 1.807) is 11.3 Å². The van der Waals surface area contributed by atoms with Gasteiger partial charge in [0, 0.05) is 11.7 Å². The second-order valence-corrected chi connectivity index (χ2v) is 7.36. The summed E-state index contributed by atoms with van der Waals surface area (Å²) < 4.78 is 2.00. The van der Waals surface area contributed by atoms with Gasteiger partial charge in [-0.05, 0) is 37.4 Å². The van der Waals surface area contributed by atoms with E-state index < -0.39 is 0 Å². The third kappa shape index (κ3) is 3.85. The van der Waals surface area contributed by atoms with E-state index in [1.165, 1.54) is 11.8 Å². The maximum Gasteiger partial charge on any atom is 0.230 e. The minimum Gasteiger partial charge on any atom is -0.353 e. The zero-order valence-corrected chi connectivity index (χ0v) is 15.1. The number of amides is 1. The van der Waals surface area contributed by atoms with Gasteiger partial charge in [-0.3, -0.25) is 9.36 Å². The second kappa shape index (κ2) is 7.63. The summed E-state index contributed by atoms with van der Waals surface area (Å²) in [5.74, 6) is 1.10. The molecule has 0 unspecified atom stereocenters. The minimum absolute atomic E-state index is 0.00437. The molecule has 7 heteroatoms. The van der Waals surface area contributed by atoms with Crippen LogP contribution in [0.15, 0.2) is 53.0 Å². The zero-order chi connectivity index (χ0) is 16.9. The SMILES string of the molecule is CC(C)NC(=O)CSc1nnc(-c2cccs2)n1-c1ccccc1. The van der Waals surface area contributed by atoms with Gasteiger partial charge in [-0.1, -0.05) is 36.0 Å². The highest BCUT2D eigenvalue weighted by atomic mass is 32.2. The van der Waals surface area contributed by atoms with Crippen molar-refractivity contribution in [2.75, 3.05) is 5.75 Å². The van der Waals surface area contributed by atoms with Gasteiger partial charge in [0.05, 0.1) is 10.6 Å². The molecule has 3 aromatic rings. The van der Waals surface area contributed by atoms with Crippen molar-refractivity contribution in [2.24, 2.45) is 0 Å². The predicted molar refractivity (Wildman–Crippen MR) is 98.7 cm³/mol. The molecule has 0 atom stereocenters. The van der Waals surface area contributed by atoms with Crippen LogP contribution in [0, 0.1) is 0 Å². The smallest absolute Gasteiger partial charge is 0.230 e. The molecule has 124 valence electrons. The summed E-state index contributed by atoms with van der Waals surface area (Å²) in [4.78, 5) is 13.0. The maximum absolute atomic E-state index is 11.9. The van der Waals surface area contributed by atoms with Crippen LogP contribution in [-0.4, -0.2) is 32.5 Å². The molecule has 1 aromatic carbocycles. The first-order valence-electron chi connectivity index (χ1n) is 7.62. The van der Waals surface area contributed by atoms with Gasteiger partial charge in [0.2, 0.25) is 5.91 Å². The first-order valence-corrected chi connectivity index (χ1v) is 9.48. The van der Waals surface area contributed by atoms with Gasteiger partial charge in [-0.25, -0.2) is 0 Å². The maximum atomic E-state index is 11.9. The van der Waals surface area contributed by atoms with Crippen LogP contribution in [0.5, 0.6) is 0 Å². The van der Waals surface area contributed by atoms with Crippen molar-refractivity contribution in [3.05, 3.63) is 47.8 Å². The monoisotopic (exact) mass is 358 g/mol. The number of carbonyl (C=O) groups is 1. The van der Waals surface area contributed by atoms with E-state index in [-0.39, 0.29) is 11.9 Å². The number of para-hydroxylation sites is 1. The molecule has 0 fully saturated rings. The van der Waals surface area contributed by atoms with Gasteiger partial charge in [-0.2, -0.15) is 0 Å². The van der Waals surface area contributed by atoms with E-state index in [9.17, 15) is 4.79 Å². The standard InChI is InChI=1S/C17H18N4OS2/c1-12(2)18-15(22)11-24-17-20-19-16(14-9-6-10-23-14)21(17)13-7-4-3-5-8-13/h3-10,12H,11H2,1-2H3,(H,18,22). The highest BCUT2D eigenvalue weighted by Crippen LogP contribution is 2.30. The number of hydrogen-bond donors (Lipinski definition) is 1. The van der Waals surface area contributed by atoms with Crippen molar-refractivity contribution in [3.8, 4) is 16.4 Å². The van der Waals surface area contributed by atoms with Crippen LogP contribution in [0.1, 0.15) is 13.8 Å². The molecule has 0 spiro atoms. The van der Waals surface area contributed by atoms with Crippen molar-refractivity contribution in [3.63, 3.8) is 0 Å². The molecule has 5 nitrogen and oxygen atoms in total. The predicted octanol–water partition coefficient (Wildman–Crippen LogP) is 3.61. The van der Waals surface area contributed by atoms with Crippen molar-refractivity contribution in [2.45, 2.75) is 25.0 Å². The Morgan fingerprint density at radius 1 is 1.21 bits per heavy atom. The molecule has 2 heterocycles. The molecule has 0 aliphatic heterocycles. The molecule has 1 N–H and O–H groups in total. The van der Waals surface area contributed by atoms with Gasteiger partial charge in [0.15, 0.2) is 11.0 Å². The van der Waals surface area contributed by atoms with Crippen LogP contribution < -0.4 is 5.32 Å². The summed E-state index contributed by atoms with van der Waals surface area (Å²) in [5.41, 5.74) is 0.984.